The lowest BCUT2D eigenvalue weighted by Crippen LogP contribution is -2.31. The highest BCUT2D eigenvalue weighted by molar-refractivity contribution is 5.90. The summed E-state index contributed by atoms with van der Waals surface area (Å²) in [5, 5.41) is 5.48. The van der Waals surface area contributed by atoms with E-state index in [4.69, 9.17) is 0 Å². The lowest BCUT2D eigenvalue weighted by molar-refractivity contribution is 0.249. The van der Waals surface area contributed by atoms with Crippen LogP contribution in [0.4, 0.5) is 14.9 Å². The van der Waals surface area contributed by atoms with Crippen molar-refractivity contribution in [2.75, 3.05) is 5.32 Å². The summed E-state index contributed by atoms with van der Waals surface area (Å²) in [4.78, 5) is 11.9. The van der Waals surface area contributed by atoms with Gasteiger partial charge in [-0.05, 0) is 37.1 Å². The molecular weight excluding hydrogens is 255 g/mol. The average molecular weight is 272 g/mol. The van der Waals surface area contributed by atoms with Gasteiger partial charge in [0.05, 0.1) is 6.04 Å². The monoisotopic (exact) mass is 272 g/mol. The number of rotatable bonds is 3. The van der Waals surface area contributed by atoms with Crippen molar-refractivity contribution in [3.63, 3.8) is 0 Å². The van der Waals surface area contributed by atoms with Gasteiger partial charge in [0.25, 0.3) is 0 Å². The first kappa shape index (κ1) is 14.1. The molecule has 0 spiro atoms. The number of amides is 2. The van der Waals surface area contributed by atoms with Gasteiger partial charge in [0.2, 0.25) is 0 Å². The van der Waals surface area contributed by atoms with Crippen LogP contribution in [-0.4, -0.2) is 6.03 Å². The predicted molar refractivity (Wildman–Crippen MR) is 78.1 cm³/mol. The van der Waals surface area contributed by atoms with Gasteiger partial charge in [0.15, 0.2) is 0 Å². The molecule has 2 N–H and O–H groups in total. The lowest BCUT2D eigenvalue weighted by atomic mass is 10.1. The van der Waals surface area contributed by atoms with Crippen molar-refractivity contribution in [2.45, 2.75) is 19.9 Å². The van der Waals surface area contributed by atoms with Gasteiger partial charge in [-0.15, -0.1) is 0 Å². The van der Waals surface area contributed by atoms with Gasteiger partial charge in [-0.25, -0.2) is 9.18 Å². The summed E-state index contributed by atoms with van der Waals surface area (Å²) < 4.78 is 13.2. The van der Waals surface area contributed by atoms with Gasteiger partial charge >= 0.3 is 6.03 Å². The maximum absolute atomic E-state index is 13.2. The van der Waals surface area contributed by atoms with E-state index in [9.17, 15) is 9.18 Å². The Morgan fingerprint density at radius 2 is 1.85 bits per heavy atom. The molecular formula is C16H17FN2O. The second-order valence-electron chi connectivity index (χ2n) is 4.69. The van der Waals surface area contributed by atoms with Crippen molar-refractivity contribution in [1.82, 2.24) is 5.32 Å². The Hall–Kier alpha value is -2.36. The summed E-state index contributed by atoms with van der Waals surface area (Å²) in [6, 6.07) is 13.5. The number of benzene rings is 2. The molecule has 0 aliphatic rings. The minimum absolute atomic E-state index is 0.120. The maximum atomic E-state index is 13.2. The fourth-order valence-electron chi connectivity index (χ4n) is 1.91. The zero-order valence-electron chi connectivity index (χ0n) is 11.5. The van der Waals surface area contributed by atoms with Gasteiger partial charge in [0.1, 0.15) is 5.82 Å². The van der Waals surface area contributed by atoms with Crippen LogP contribution in [0, 0.1) is 12.7 Å². The minimum atomic E-state index is -0.373. The molecule has 3 nitrogen and oxygen atoms in total. The van der Waals surface area contributed by atoms with Crippen LogP contribution in [0.1, 0.15) is 24.1 Å². The van der Waals surface area contributed by atoms with Crippen molar-refractivity contribution in [2.24, 2.45) is 0 Å². The molecule has 0 bridgehead atoms. The third-order valence-electron chi connectivity index (χ3n) is 3.09. The summed E-state index contributed by atoms with van der Waals surface area (Å²) in [6.07, 6.45) is 0. The molecule has 2 rings (SSSR count). The zero-order chi connectivity index (χ0) is 14.5. The number of hydrogen-bond acceptors (Lipinski definition) is 1. The second-order valence-corrected chi connectivity index (χ2v) is 4.69. The molecule has 0 radical (unpaired) electrons. The van der Waals surface area contributed by atoms with Crippen LogP contribution in [-0.2, 0) is 0 Å². The standard InChI is InChI=1S/C16H17FN2O/c1-11-8-9-14(17)10-15(11)19-16(20)18-12(2)13-6-4-3-5-7-13/h3-10,12H,1-2H3,(H2,18,19,20)/t12-/m1/s1. The van der Waals surface area contributed by atoms with Gasteiger partial charge in [-0.3, -0.25) is 0 Å². The molecule has 0 aliphatic carbocycles. The van der Waals surface area contributed by atoms with E-state index in [0.717, 1.165) is 11.1 Å². The van der Waals surface area contributed by atoms with Gasteiger partial charge in [-0.1, -0.05) is 36.4 Å². The quantitative estimate of drug-likeness (QED) is 0.870. The van der Waals surface area contributed by atoms with Crippen LogP contribution < -0.4 is 10.6 Å². The number of nitrogens with one attached hydrogen (secondary N) is 2. The first-order valence-corrected chi connectivity index (χ1v) is 6.45. The van der Waals surface area contributed by atoms with Crippen LogP contribution >= 0.6 is 0 Å². The Bertz CT molecular complexity index is 599. The van der Waals surface area contributed by atoms with E-state index >= 15 is 0 Å². The lowest BCUT2D eigenvalue weighted by Gasteiger charge is -2.15. The fraction of sp³-hybridized carbons (Fsp3) is 0.188. The number of anilines is 1. The summed E-state index contributed by atoms with van der Waals surface area (Å²) in [5.41, 5.74) is 2.30. The molecule has 20 heavy (non-hydrogen) atoms. The Kier molecular flexibility index (Phi) is 4.35. The van der Waals surface area contributed by atoms with E-state index in [-0.39, 0.29) is 17.9 Å². The molecule has 0 saturated heterocycles. The number of hydrogen-bond donors (Lipinski definition) is 2. The van der Waals surface area contributed by atoms with E-state index in [1.807, 2.05) is 44.2 Å². The van der Waals surface area contributed by atoms with Gasteiger partial charge in [0, 0.05) is 5.69 Å². The van der Waals surface area contributed by atoms with Crippen LogP contribution in [0.15, 0.2) is 48.5 Å². The van der Waals surface area contributed by atoms with E-state index < -0.39 is 0 Å². The van der Waals surface area contributed by atoms with Crippen molar-refractivity contribution < 1.29 is 9.18 Å². The van der Waals surface area contributed by atoms with E-state index in [1.165, 1.54) is 12.1 Å². The molecule has 2 aromatic carbocycles. The van der Waals surface area contributed by atoms with Crippen LogP contribution in [0.3, 0.4) is 0 Å². The van der Waals surface area contributed by atoms with Crippen molar-refractivity contribution >= 4 is 11.7 Å². The van der Waals surface area contributed by atoms with Crippen LogP contribution in [0.25, 0.3) is 0 Å². The first-order chi connectivity index (χ1) is 9.56. The first-order valence-electron chi connectivity index (χ1n) is 6.45. The molecule has 0 heterocycles. The van der Waals surface area contributed by atoms with Gasteiger partial charge in [-0.2, -0.15) is 0 Å². The van der Waals surface area contributed by atoms with Crippen molar-refractivity contribution in [3.05, 3.63) is 65.5 Å². The molecule has 0 saturated carbocycles. The summed E-state index contributed by atoms with van der Waals surface area (Å²) in [6.45, 7) is 3.71. The Morgan fingerprint density at radius 1 is 1.15 bits per heavy atom. The summed E-state index contributed by atoms with van der Waals surface area (Å²) in [7, 11) is 0. The number of carbonyl (C=O) groups is 1. The SMILES string of the molecule is Cc1ccc(F)cc1NC(=O)N[C@H](C)c1ccccc1. The number of carbonyl (C=O) groups excluding carboxylic acids is 1. The minimum Gasteiger partial charge on any atom is -0.331 e. The highest BCUT2D eigenvalue weighted by Gasteiger charge is 2.10. The largest absolute Gasteiger partial charge is 0.331 e. The number of aryl methyl sites for hydroxylation is 1. The Labute approximate surface area is 117 Å². The molecule has 104 valence electrons. The number of urea groups is 1. The topological polar surface area (TPSA) is 41.1 Å². The smallest absolute Gasteiger partial charge is 0.319 e. The molecule has 1 atom stereocenters. The van der Waals surface area contributed by atoms with Crippen LogP contribution in [0.5, 0.6) is 0 Å². The molecule has 0 fully saturated rings. The maximum Gasteiger partial charge on any atom is 0.319 e. The molecule has 4 heteroatoms. The highest BCUT2D eigenvalue weighted by Crippen LogP contribution is 2.16. The second kappa shape index (κ2) is 6.19. The molecule has 2 amide bonds. The van der Waals surface area contributed by atoms with E-state index in [1.54, 1.807) is 6.07 Å². The highest BCUT2D eigenvalue weighted by atomic mass is 19.1. The van der Waals surface area contributed by atoms with Crippen molar-refractivity contribution in [1.29, 1.82) is 0 Å². The van der Waals surface area contributed by atoms with Gasteiger partial charge < -0.3 is 10.6 Å². The molecule has 0 unspecified atom stereocenters. The Balaban J connectivity index is 2.01. The predicted octanol–water partition coefficient (Wildman–Crippen LogP) is 4.02. The van der Waals surface area contributed by atoms with Crippen LogP contribution in [0.2, 0.25) is 0 Å². The third kappa shape index (κ3) is 3.57. The number of halogens is 1. The average Bonchev–Trinajstić information content (AvgIpc) is 2.43. The molecule has 2 aromatic rings. The van der Waals surface area contributed by atoms with E-state index in [2.05, 4.69) is 10.6 Å². The van der Waals surface area contributed by atoms with Crippen molar-refractivity contribution in [3.8, 4) is 0 Å². The summed E-state index contributed by atoms with van der Waals surface area (Å²) in [5.74, 6) is -0.373. The van der Waals surface area contributed by atoms with E-state index in [0.29, 0.717) is 5.69 Å². The third-order valence-corrected chi connectivity index (χ3v) is 3.09. The normalized spacial score (nSPS) is 11.8. The molecule has 0 aliphatic heterocycles. The Morgan fingerprint density at radius 3 is 2.55 bits per heavy atom. The summed E-state index contributed by atoms with van der Waals surface area (Å²) >= 11 is 0. The zero-order valence-corrected chi connectivity index (χ0v) is 11.5. The molecule has 0 aromatic heterocycles. The fourth-order valence-corrected chi connectivity index (χ4v) is 1.91.